The molecule has 0 atom stereocenters. The van der Waals surface area contributed by atoms with Crippen LogP contribution in [-0.4, -0.2) is 53.2 Å². The van der Waals surface area contributed by atoms with E-state index in [0.29, 0.717) is 23.8 Å². The fourth-order valence-corrected chi connectivity index (χ4v) is 6.32. The molecule has 2 aliphatic rings. The summed E-state index contributed by atoms with van der Waals surface area (Å²) in [5.74, 6) is 0.241. The van der Waals surface area contributed by atoms with Crippen LogP contribution in [0, 0.1) is 0 Å². The van der Waals surface area contributed by atoms with Crippen LogP contribution in [0.15, 0.2) is 56.7 Å². The molecule has 29 heavy (non-hydrogen) atoms. The number of hydrogen-bond acceptors (Lipinski definition) is 6. The predicted molar refractivity (Wildman–Crippen MR) is 113 cm³/mol. The van der Waals surface area contributed by atoms with Crippen molar-refractivity contribution in [3.8, 4) is 0 Å². The number of hydrogen-bond donors (Lipinski definition) is 1. The Morgan fingerprint density at radius 1 is 1.07 bits per heavy atom. The molecule has 1 fully saturated rings. The van der Waals surface area contributed by atoms with Gasteiger partial charge in [-0.3, -0.25) is 0 Å². The second-order valence-electron chi connectivity index (χ2n) is 6.81. The maximum absolute atomic E-state index is 13.1. The van der Waals surface area contributed by atoms with E-state index in [2.05, 4.69) is 14.6 Å². The van der Waals surface area contributed by atoms with Crippen molar-refractivity contribution in [2.24, 2.45) is 4.40 Å². The molecule has 0 saturated carbocycles. The molecule has 0 bridgehead atoms. The van der Waals surface area contributed by atoms with Gasteiger partial charge in [-0.1, -0.05) is 17.7 Å². The molecule has 0 radical (unpaired) electrons. The third kappa shape index (κ3) is 3.85. The van der Waals surface area contributed by atoms with E-state index in [1.807, 2.05) is 18.2 Å². The minimum atomic E-state index is -3.93. The first-order chi connectivity index (χ1) is 13.7. The lowest BCUT2D eigenvalue weighted by molar-refractivity contribution is 0.385. The van der Waals surface area contributed by atoms with Gasteiger partial charge in [0.1, 0.15) is 10.7 Å². The van der Waals surface area contributed by atoms with Gasteiger partial charge < -0.3 is 10.2 Å². The highest BCUT2D eigenvalue weighted by Gasteiger charge is 2.31. The second-order valence-corrected chi connectivity index (χ2v) is 10.8. The van der Waals surface area contributed by atoms with E-state index in [-0.39, 0.29) is 28.7 Å². The van der Waals surface area contributed by atoms with E-state index in [1.165, 1.54) is 29.4 Å². The number of piperazine rings is 1. The molecule has 154 valence electrons. The molecule has 0 spiro atoms. The van der Waals surface area contributed by atoms with Gasteiger partial charge in [0.05, 0.1) is 10.6 Å². The highest BCUT2D eigenvalue weighted by atomic mass is 35.5. The Hall–Kier alpha value is -2.14. The third-order valence-electron chi connectivity index (χ3n) is 4.85. The Balaban J connectivity index is 1.57. The van der Waals surface area contributed by atoms with E-state index in [0.717, 1.165) is 5.69 Å². The van der Waals surface area contributed by atoms with Gasteiger partial charge in [-0.15, -0.1) is 4.40 Å². The molecule has 0 aliphatic carbocycles. The van der Waals surface area contributed by atoms with Gasteiger partial charge >= 0.3 is 0 Å². The monoisotopic (exact) mass is 454 g/mol. The second kappa shape index (κ2) is 7.28. The molecule has 2 aliphatic heterocycles. The first kappa shape index (κ1) is 20.1. The highest BCUT2D eigenvalue weighted by molar-refractivity contribution is 7.91. The molecule has 8 nitrogen and oxygen atoms in total. The first-order valence-electron chi connectivity index (χ1n) is 8.90. The largest absolute Gasteiger partial charge is 0.369 e. The molecule has 0 unspecified atom stereocenters. The molecule has 11 heteroatoms. The fourth-order valence-electron chi connectivity index (χ4n) is 3.44. The number of sulfonamides is 2. The maximum atomic E-state index is 13.1. The lowest BCUT2D eigenvalue weighted by atomic mass is 10.2. The molecule has 2 aromatic carbocycles. The van der Waals surface area contributed by atoms with Gasteiger partial charge in [0.2, 0.25) is 10.0 Å². The summed E-state index contributed by atoms with van der Waals surface area (Å²) in [6.45, 7) is 3.12. The van der Waals surface area contributed by atoms with Crippen LogP contribution < -0.4 is 10.2 Å². The van der Waals surface area contributed by atoms with E-state index >= 15 is 0 Å². The zero-order valence-electron chi connectivity index (χ0n) is 15.5. The van der Waals surface area contributed by atoms with Crippen LogP contribution in [0.3, 0.4) is 0 Å². The molecule has 1 N–H and O–H groups in total. The van der Waals surface area contributed by atoms with Crippen LogP contribution in [0.25, 0.3) is 0 Å². The van der Waals surface area contributed by atoms with Crippen LogP contribution >= 0.6 is 11.6 Å². The SMILES string of the molecule is CC1=NS(=O)(=O)c2cc(S(=O)(=O)N3CCN(c4cccc(Cl)c4)CC3)ccc2N1. The van der Waals surface area contributed by atoms with Crippen molar-refractivity contribution < 1.29 is 16.8 Å². The standard InChI is InChI=1S/C18H19ClN4O4S2/c1-13-20-17-6-5-16(12-18(17)28(24,25)21-13)29(26,27)23-9-7-22(8-10-23)15-4-2-3-14(19)11-15/h2-6,11-12H,7-10H2,1H3,(H,20,21). The van der Waals surface area contributed by atoms with Crippen LogP contribution in [0.5, 0.6) is 0 Å². The summed E-state index contributed by atoms with van der Waals surface area (Å²) in [7, 11) is -7.76. The number of halogens is 1. The molecular formula is C18H19ClN4O4S2. The molecule has 2 heterocycles. The Bertz CT molecular complexity index is 1200. The quantitative estimate of drug-likeness (QED) is 0.764. The summed E-state index contributed by atoms with van der Waals surface area (Å²) < 4.78 is 55.7. The molecule has 0 amide bonds. The van der Waals surface area contributed by atoms with Crippen LogP contribution in [-0.2, 0) is 20.0 Å². The maximum Gasteiger partial charge on any atom is 0.286 e. The Labute approximate surface area is 174 Å². The van der Waals surface area contributed by atoms with E-state index in [4.69, 9.17) is 11.6 Å². The topological polar surface area (TPSA) is 99.1 Å². The minimum absolute atomic E-state index is 0.0624. The zero-order chi connectivity index (χ0) is 20.8. The van der Waals surface area contributed by atoms with Crippen molar-refractivity contribution in [1.82, 2.24) is 4.31 Å². The van der Waals surface area contributed by atoms with Gasteiger partial charge in [-0.25, -0.2) is 8.42 Å². The summed E-state index contributed by atoms with van der Waals surface area (Å²) in [5.41, 5.74) is 1.26. The fraction of sp³-hybridized carbons (Fsp3) is 0.278. The lowest BCUT2D eigenvalue weighted by Crippen LogP contribution is -2.48. The van der Waals surface area contributed by atoms with Gasteiger partial charge in [0.15, 0.2) is 0 Å². The summed E-state index contributed by atoms with van der Waals surface area (Å²) in [6, 6.07) is 11.5. The number of amidine groups is 1. The number of anilines is 2. The van der Waals surface area contributed by atoms with E-state index < -0.39 is 20.0 Å². The van der Waals surface area contributed by atoms with Crippen molar-refractivity contribution >= 4 is 48.9 Å². The first-order valence-corrected chi connectivity index (χ1v) is 12.2. The third-order valence-corrected chi connectivity index (χ3v) is 8.39. The van der Waals surface area contributed by atoms with Crippen molar-refractivity contribution in [3.63, 3.8) is 0 Å². The van der Waals surface area contributed by atoms with E-state index in [9.17, 15) is 16.8 Å². The minimum Gasteiger partial charge on any atom is -0.369 e. The summed E-state index contributed by atoms with van der Waals surface area (Å²) in [4.78, 5) is 1.87. The summed E-state index contributed by atoms with van der Waals surface area (Å²) in [5, 5.41) is 3.47. The van der Waals surface area contributed by atoms with Crippen LogP contribution in [0.2, 0.25) is 5.02 Å². The molecule has 2 aromatic rings. The number of fused-ring (bicyclic) bond motifs is 1. The summed E-state index contributed by atoms with van der Waals surface area (Å²) in [6.07, 6.45) is 0. The van der Waals surface area contributed by atoms with Gasteiger partial charge in [-0.05, 0) is 43.3 Å². The predicted octanol–water partition coefficient (Wildman–Crippen LogP) is 2.38. The van der Waals surface area contributed by atoms with Gasteiger partial charge in [0.25, 0.3) is 10.0 Å². The van der Waals surface area contributed by atoms with Crippen molar-refractivity contribution in [1.29, 1.82) is 0 Å². The number of benzene rings is 2. The highest BCUT2D eigenvalue weighted by Crippen LogP contribution is 2.31. The lowest BCUT2D eigenvalue weighted by Gasteiger charge is -2.35. The van der Waals surface area contributed by atoms with Crippen LogP contribution in [0.4, 0.5) is 11.4 Å². The van der Waals surface area contributed by atoms with Gasteiger partial charge in [-0.2, -0.15) is 12.7 Å². The summed E-state index contributed by atoms with van der Waals surface area (Å²) >= 11 is 6.04. The molecule has 0 aromatic heterocycles. The molecule has 1 saturated heterocycles. The zero-order valence-corrected chi connectivity index (χ0v) is 17.9. The smallest absolute Gasteiger partial charge is 0.286 e. The van der Waals surface area contributed by atoms with Gasteiger partial charge in [0, 0.05) is 36.9 Å². The molecular weight excluding hydrogens is 436 g/mol. The number of nitrogens with zero attached hydrogens (tertiary/aromatic N) is 3. The average molecular weight is 455 g/mol. The Kier molecular flexibility index (Phi) is 5.06. The van der Waals surface area contributed by atoms with E-state index in [1.54, 1.807) is 6.07 Å². The Morgan fingerprint density at radius 2 is 1.79 bits per heavy atom. The number of rotatable bonds is 3. The normalized spacial score (nSPS) is 19.2. The molecule has 4 rings (SSSR count). The van der Waals surface area contributed by atoms with Crippen molar-refractivity contribution in [2.75, 3.05) is 36.4 Å². The average Bonchev–Trinajstić information content (AvgIpc) is 2.67. The number of nitrogens with one attached hydrogen (secondary N) is 1. The van der Waals surface area contributed by atoms with Crippen LogP contribution in [0.1, 0.15) is 6.92 Å². The van der Waals surface area contributed by atoms with Crippen molar-refractivity contribution in [3.05, 3.63) is 47.5 Å². The van der Waals surface area contributed by atoms with Crippen molar-refractivity contribution in [2.45, 2.75) is 16.7 Å². The Morgan fingerprint density at radius 3 is 2.48 bits per heavy atom.